The van der Waals surface area contributed by atoms with E-state index in [1.807, 2.05) is 18.4 Å². The number of nitrogens with zero attached hydrogens (tertiary/aromatic N) is 1. The lowest BCUT2D eigenvalue weighted by atomic mass is 10.1. The number of halogens is 1. The summed E-state index contributed by atoms with van der Waals surface area (Å²) in [7, 11) is 0. The molecule has 4 nitrogen and oxygen atoms in total. The van der Waals surface area contributed by atoms with Gasteiger partial charge in [-0.3, -0.25) is 4.79 Å². The molecule has 0 aromatic carbocycles. The quantitative estimate of drug-likeness (QED) is 0.862. The number of hydrogen-bond donors (Lipinski definition) is 2. The highest BCUT2D eigenvalue weighted by molar-refractivity contribution is 6.31. The molecule has 1 aliphatic carbocycles. The Morgan fingerprint density at radius 3 is 2.78 bits per heavy atom. The molecular weight excluding hydrogens is 252 g/mol. The van der Waals surface area contributed by atoms with Gasteiger partial charge in [-0.15, -0.1) is 0 Å². The second-order valence-electron chi connectivity index (χ2n) is 5.19. The van der Waals surface area contributed by atoms with Crippen LogP contribution < -0.4 is 5.32 Å². The van der Waals surface area contributed by atoms with Gasteiger partial charge in [0.2, 0.25) is 0 Å². The molecule has 0 aliphatic heterocycles. The Kier molecular flexibility index (Phi) is 3.97. The Morgan fingerprint density at radius 2 is 2.28 bits per heavy atom. The van der Waals surface area contributed by atoms with Crippen LogP contribution in [0, 0.1) is 5.92 Å². The molecule has 0 unspecified atom stereocenters. The smallest absolute Gasteiger partial charge is 0.268 e. The van der Waals surface area contributed by atoms with Crippen molar-refractivity contribution in [3.05, 3.63) is 23.0 Å². The number of amides is 1. The van der Waals surface area contributed by atoms with Gasteiger partial charge in [0.25, 0.3) is 5.91 Å². The molecule has 0 radical (unpaired) electrons. The van der Waals surface area contributed by atoms with Gasteiger partial charge in [0, 0.05) is 12.2 Å². The zero-order valence-electron chi connectivity index (χ0n) is 10.7. The van der Waals surface area contributed by atoms with Crippen LogP contribution in [0.2, 0.25) is 5.02 Å². The molecule has 0 spiro atoms. The minimum Gasteiger partial charge on any atom is -0.394 e. The first-order valence-electron chi connectivity index (χ1n) is 6.32. The van der Waals surface area contributed by atoms with Gasteiger partial charge in [-0.1, -0.05) is 25.4 Å². The number of hydrogen-bond acceptors (Lipinski definition) is 2. The molecule has 100 valence electrons. The maximum absolute atomic E-state index is 12.2. The lowest BCUT2D eigenvalue weighted by Gasteiger charge is -2.20. The van der Waals surface area contributed by atoms with E-state index < -0.39 is 0 Å². The monoisotopic (exact) mass is 270 g/mol. The summed E-state index contributed by atoms with van der Waals surface area (Å²) in [6.45, 7) is 3.88. The summed E-state index contributed by atoms with van der Waals surface area (Å²) in [5.74, 6) is 0.0281. The van der Waals surface area contributed by atoms with E-state index in [1.54, 1.807) is 12.3 Å². The van der Waals surface area contributed by atoms with Crippen LogP contribution in [-0.4, -0.2) is 28.2 Å². The average molecular weight is 271 g/mol. The van der Waals surface area contributed by atoms with E-state index in [9.17, 15) is 9.90 Å². The Hall–Kier alpha value is -1.00. The van der Waals surface area contributed by atoms with Crippen LogP contribution in [0.1, 0.15) is 43.2 Å². The Bertz CT molecular complexity index is 438. The van der Waals surface area contributed by atoms with Crippen molar-refractivity contribution in [3.8, 4) is 0 Å². The molecule has 2 rings (SSSR count). The van der Waals surface area contributed by atoms with E-state index in [1.165, 1.54) is 0 Å². The number of aliphatic hydroxyl groups excluding tert-OH is 1. The van der Waals surface area contributed by atoms with Crippen molar-refractivity contribution < 1.29 is 9.90 Å². The van der Waals surface area contributed by atoms with Crippen LogP contribution in [0.3, 0.4) is 0 Å². The summed E-state index contributed by atoms with van der Waals surface area (Å²) in [5.41, 5.74) is 0.585. The number of nitrogens with one attached hydrogen (secondary N) is 1. The molecule has 1 heterocycles. The van der Waals surface area contributed by atoms with E-state index in [0.29, 0.717) is 16.8 Å². The highest BCUT2D eigenvalue weighted by atomic mass is 35.5. The van der Waals surface area contributed by atoms with Crippen molar-refractivity contribution >= 4 is 17.5 Å². The van der Waals surface area contributed by atoms with Gasteiger partial charge >= 0.3 is 0 Å². The van der Waals surface area contributed by atoms with Crippen molar-refractivity contribution in [2.45, 2.75) is 38.8 Å². The summed E-state index contributed by atoms with van der Waals surface area (Å²) in [4.78, 5) is 12.2. The number of rotatable bonds is 5. The SMILES string of the molecule is CC(C)[C@@H](CO)NC(=O)c1cc(Cl)cn1C1CC1. The van der Waals surface area contributed by atoms with Crippen LogP contribution in [-0.2, 0) is 0 Å². The largest absolute Gasteiger partial charge is 0.394 e. The van der Waals surface area contributed by atoms with Crippen molar-refractivity contribution in [2.75, 3.05) is 6.61 Å². The molecule has 0 bridgehead atoms. The van der Waals surface area contributed by atoms with Gasteiger partial charge in [0.15, 0.2) is 0 Å². The van der Waals surface area contributed by atoms with Crippen LogP contribution in [0.15, 0.2) is 12.3 Å². The molecular formula is C13H19ClN2O2. The summed E-state index contributed by atoms with van der Waals surface area (Å²) in [5, 5.41) is 12.7. The van der Waals surface area contributed by atoms with Crippen molar-refractivity contribution in [2.24, 2.45) is 5.92 Å². The standard InChI is InChI=1S/C13H19ClN2O2/c1-8(2)11(7-17)15-13(18)12-5-9(14)6-16(12)10-3-4-10/h5-6,8,10-11,17H,3-4,7H2,1-2H3,(H,15,18)/t11-/m1/s1. The van der Waals surface area contributed by atoms with E-state index in [-0.39, 0.29) is 24.5 Å². The minimum atomic E-state index is -0.223. The topological polar surface area (TPSA) is 54.3 Å². The molecule has 1 aliphatic rings. The summed E-state index contributed by atoms with van der Waals surface area (Å²) >= 11 is 5.96. The molecule has 1 aromatic heterocycles. The van der Waals surface area contributed by atoms with E-state index >= 15 is 0 Å². The van der Waals surface area contributed by atoms with Gasteiger partial charge in [0.05, 0.1) is 17.7 Å². The summed E-state index contributed by atoms with van der Waals surface area (Å²) in [6, 6.07) is 1.87. The van der Waals surface area contributed by atoms with Crippen molar-refractivity contribution in [1.29, 1.82) is 0 Å². The number of carbonyl (C=O) groups is 1. The van der Waals surface area contributed by atoms with Gasteiger partial charge in [0.1, 0.15) is 5.69 Å². The van der Waals surface area contributed by atoms with E-state index in [0.717, 1.165) is 12.8 Å². The van der Waals surface area contributed by atoms with Crippen LogP contribution in [0.4, 0.5) is 0 Å². The number of aromatic nitrogens is 1. The Labute approximate surface area is 112 Å². The van der Waals surface area contributed by atoms with Gasteiger partial charge in [-0.25, -0.2) is 0 Å². The predicted octanol–water partition coefficient (Wildman–Crippen LogP) is 2.22. The molecule has 2 N–H and O–H groups in total. The van der Waals surface area contributed by atoms with Crippen LogP contribution in [0.5, 0.6) is 0 Å². The highest BCUT2D eigenvalue weighted by Gasteiger charge is 2.28. The zero-order chi connectivity index (χ0) is 13.3. The van der Waals surface area contributed by atoms with E-state index in [4.69, 9.17) is 11.6 Å². The fourth-order valence-electron chi connectivity index (χ4n) is 1.95. The highest BCUT2D eigenvalue weighted by Crippen LogP contribution is 2.37. The molecule has 5 heteroatoms. The van der Waals surface area contributed by atoms with Gasteiger partial charge in [-0.05, 0) is 24.8 Å². The number of carbonyl (C=O) groups excluding carboxylic acids is 1. The van der Waals surface area contributed by atoms with Gasteiger partial charge < -0.3 is 15.0 Å². The second-order valence-corrected chi connectivity index (χ2v) is 5.62. The van der Waals surface area contributed by atoms with Gasteiger partial charge in [-0.2, -0.15) is 0 Å². The minimum absolute atomic E-state index is 0.0543. The maximum atomic E-state index is 12.2. The molecule has 1 amide bonds. The Balaban J connectivity index is 2.13. The maximum Gasteiger partial charge on any atom is 0.268 e. The van der Waals surface area contributed by atoms with Crippen molar-refractivity contribution in [1.82, 2.24) is 9.88 Å². The average Bonchev–Trinajstić information content (AvgIpc) is 3.08. The number of aliphatic hydroxyl groups is 1. The lowest BCUT2D eigenvalue weighted by Crippen LogP contribution is -2.41. The molecule has 18 heavy (non-hydrogen) atoms. The molecule has 1 saturated carbocycles. The third-order valence-electron chi connectivity index (χ3n) is 3.31. The molecule has 1 atom stereocenters. The first-order valence-corrected chi connectivity index (χ1v) is 6.69. The molecule has 1 aromatic rings. The first-order chi connectivity index (χ1) is 8.52. The third kappa shape index (κ3) is 2.87. The normalized spacial score (nSPS) is 16.9. The second kappa shape index (κ2) is 5.33. The fourth-order valence-corrected chi connectivity index (χ4v) is 2.16. The van der Waals surface area contributed by atoms with Crippen molar-refractivity contribution in [3.63, 3.8) is 0 Å². The fraction of sp³-hybridized carbons (Fsp3) is 0.615. The van der Waals surface area contributed by atoms with Crippen LogP contribution >= 0.6 is 11.6 Å². The molecule has 0 saturated heterocycles. The first kappa shape index (κ1) is 13.4. The van der Waals surface area contributed by atoms with E-state index in [2.05, 4.69) is 5.32 Å². The lowest BCUT2D eigenvalue weighted by molar-refractivity contribution is 0.0887. The third-order valence-corrected chi connectivity index (χ3v) is 3.51. The summed E-state index contributed by atoms with van der Waals surface area (Å²) < 4.78 is 1.94. The summed E-state index contributed by atoms with van der Waals surface area (Å²) in [6.07, 6.45) is 4.00. The molecule has 1 fully saturated rings. The Morgan fingerprint density at radius 1 is 1.61 bits per heavy atom. The van der Waals surface area contributed by atoms with Crippen LogP contribution in [0.25, 0.3) is 0 Å². The zero-order valence-corrected chi connectivity index (χ0v) is 11.4. The predicted molar refractivity (Wildman–Crippen MR) is 70.9 cm³/mol.